The molecule has 0 bridgehead atoms. The number of carboxylic acids is 1. The van der Waals surface area contributed by atoms with Crippen molar-refractivity contribution in [3.05, 3.63) is 75.8 Å². The van der Waals surface area contributed by atoms with Crippen LogP contribution in [0.25, 0.3) is 11.1 Å². The van der Waals surface area contributed by atoms with Crippen molar-refractivity contribution in [3.63, 3.8) is 0 Å². The third-order valence-electron chi connectivity index (χ3n) is 8.26. The molecule has 0 unspecified atom stereocenters. The highest BCUT2D eigenvalue weighted by Crippen LogP contribution is 2.40. The van der Waals surface area contributed by atoms with Gasteiger partial charge in [0.15, 0.2) is 0 Å². The quantitative estimate of drug-likeness (QED) is 0.143. The van der Waals surface area contributed by atoms with E-state index in [1.54, 1.807) is 33.5 Å². The smallest absolute Gasteiger partial charge is 0.326 e. The maximum atomic E-state index is 13.4. The molecule has 1 aliphatic rings. The zero-order valence-corrected chi connectivity index (χ0v) is 31.6. The van der Waals surface area contributed by atoms with Crippen molar-refractivity contribution in [2.75, 3.05) is 67.5 Å². The Hall–Kier alpha value is -3.47. The van der Waals surface area contributed by atoms with Crippen LogP contribution in [0, 0.1) is 0 Å². The maximum absolute atomic E-state index is 13.4. The van der Waals surface area contributed by atoms with Crippen molar-refractivity contribution in [2.45, 2.75) is 42.8 Å². The Morgan fingerprint density at radius 3 is 1.98 bits per heavy atom. The van der Waals surface area contributed by atoms with Crippen LogP contribution in [-0.2, 0) is 51.6 Å². The van der Waals surface area contributed by atoms with E-state index in [0.29, 0.717) is 75.3 Å². The molecule has 2 N–H and O–H groups in total. The summed E-state index contributed by atoms with van der Waals surface area (Å²) in [5.41, 5.74) is 2.92. The summed E-state index contributed by atoms with van der Waals surface area (Å²) in [7, 11) is 0.598. The average molecular weight is 784 g/mol. The van der Waals surface area contributed by atoms with Crippen LogP contribution in [0.5, 0.6) is 11.5 Å². The van der Waals surface area contributed by atoms with Gasteiger partial charge in [0.2, 0.25) is 15.9 Å². The summed E-state index contributed by atoms with van der Waals surface area (Å²) >= 11 is 12.1. The SMILES string of the molecule is COCCOCCOCCOCc1cc(OC)c(-c2ccc(C[C@H](NC(=O)[C@@H]3CCCN3S(=O)(=O)c3cc(Cl)cc(Cl)c3)C(=O)O)cc2)c(OC)c1. The van der Waals surface area contributed by atoms with Crippen molar-refractivity contribution < 1.29 is 51.5 Å². The predicted octanol–water partition coefficient (Wildman–Crippen LogP) is 4.84. The van der Waals surface area contributed by atoms with Crippen LogP contribution in [-0.4, -0.2) is 109 Å². The lowest BCUT2D eigenvalue weighted by Gasteiger charge is -2.25. The second kappa shape index (κ2) is 20.1. The third-order valence-corrected chi connectivity index (χ3v) is 10.6. The minimum Gasteiger partial charge on any atom is -0.496 e. The van der Waals surface area contributed by atoms with Crippen LogP contribution >= 0.6 is 23.2 Å². The Balaban J connectivity index is 1.38. The van der Waals surface area contributed by atoms with Crippen LogP contribution in [0.4, 0.5) is 0 Å². The van der Waals surface area contributed by atoms with E-state index in [0.717, 1.165) is 15.4 Å². The second-order valence-electron chi connectivity index (χ2n) is 11.8. The lowest BCUT2D eigenvalue weighted by Crippen LogP contribution is -2.51. The fourth-order valence-electron chi connectivity index (χ4n) is 5.72. The number of nitrogens with zero attached hydrogens (tertiary/aromatic N) is 1. The summed E-state index contributed by atoms with van der Waals surface area (Å²) in [6, 6.07) is 12.4. The van der Waals surface area contributed by atoms with E-state index in [4.69, 9.17) is 51.6 Å². The number of methoxy groups -OCH3 is 3. The summed E-state index contributed by atoms with van der Waals surface area (Å²) < 4.78 is 60.9. The van der Waals surface area contributed by atoms with Crippen LogP contribution in [0.2, 0.25) is 10.0 Å². The summed E-state index contributed by atoms with van der Waals surface area (Å²) in [5.74, 6) is -0.845. The molecule has 1 aliphatic heterocycles. The highest BCUT2D eigenvalue weighted by atomic mass is 35.5. The minimum atomic E-state index is -4.13. The molecule has 3 aromatic rings. The van der Waals surface area contributed by atoms with Gasteiger partial charge in [-0.1, -0.05) is 47.5 Å². The molecule has 4 rings (SSSR count). The van der Waals surface area contributed by atoms with Gasteiger partial charge in [-0.3, -0.25) is 4.79 Å². The molecular weight excluding hydrogens is 739 g/mol. The second-order valence-corrected chi connectivity index (χ2v) is 14.6. The Labute approximate surface area is 314 Å². The van der Waals surface area contributed by atoms with Gasteiger partial charge in [0.1, 0.15) is 23.6 Å². The van der Waals surface area contributed by atoms with E-state index in [-0.39, 0.29) is 34.3 Å². The molecule has 1 amide bonds. The van der Waals surface area contributed by atoms with Crippen LogP contribution in [0.15, 0.2) is 59.5 Å². The number of benzene rings is 3. The third kappa shape index (κ3) is 11.3. The van der Waals surface area contributed by atoms with Crippen molar-refractivity contribution in [1.82, 2.24) is 9.62 Å². The average Bonchev–Trinajstić information content (AvgIpc) is 3.63. The van der Waals surface area contributed by atoms with E-state index in [2.05, 4.69) is 5.32 Å². The number of sulfonamides is 1. The molecule has 52 heavy (non-hydrogen) atoms. The number of nitrogens with one attached hydrogen (secondary N) is 1. The fourth-order valence-corrected chi connectivity index (χ4v) is 8.10. The highest BCUT2D eigenvalue weighted by Gasteiger charge is 2.40. The number of hydrogen-bond donors (Lipinski definition) is 2. The van der Waals surface area contributed by atoms with Gasteiger partial charge in [-0.25, -0.2) is 13.2 Å². The number of hydrogen-bond acceptors (Lipinski definition) is 10. The number of halogens is 2. The van der Waals surface area contributed by atoms with Gasteiger partial charge in [0.25, 0.3) is 0 Å². The number of carbonyl (C=O) groups is 2. The Bertz CT molecular complexity index is 1710. The molecule has 0 aromatic heterocycles. The van der Waals surface area contributed by atoms with Gasteiger partial charge in [-0.15, -0.1) is 0 Å². The number of aliphatic carboxylic acids is 1. The molecule has 16 heteroatoms. The maximum Gasteiger partial charge on any atom is 0.326 e. The van der Waals surface area contributed by atoms with E-state index >= 15 is 0 Å². The molecule has 13 nitrogen and oxygen atoms in total. The predicted molar refractivity (Wildman–Crippen MR) is 195 cm³/mol. The van der Waals surface area contributed by atoms with E-state index in [9.17, 15) is 23.1 Å². The van der Waals surface area contributed by atoms with Gasteiger partial charge >= 0.3 is 5.97 Å². The monoisotopic (exact) mass is 782 g/mol. The fraction of sp³-hybridized carbons (Fsp3) is 0.444. The largest absolute Gasteiger partial charge is 0.496 e. The first-order chi connectivity index (χ1) is 25.0. The van der Waals surface area contributed by atoms with Crippen LogP contribution < -0.4 is 14.8 Å². The zero-order chi connectivity index (χ0) is 37.7. The van der Waals surface area contributed by atoms with Crippen molar-refractivity contribution in [3.8, 4) is 22.6 Å². The lowest BCUT2D eigenvalue weighted by atomic mass is 9.98. The molecule has 1 heterocycles. The zero-order valence-electron chi connectivity index (χ0n) is 29.3. The van der Waals surface area contributed by atoms with Gasteiger partial charge in [0, 0.05) is 30.1 Å². The van der Waals surface area contributed by atoms with Gasteiger partial charge < -0.3 is 38.8 Å². The first-order valence-corrected chi connectivity index (χ1v) is 18.8. The molecular formula is C36H44Cl2N2O11S. The van der Waals surface area contributed by atoms with Crippen molar-refractivity contribution in [1.29, 1.82) is 0 Å². The summed E-state index contributed by atoms with van der Waals surface area (Å²) in [4.78, 5) is 25.5. The number of ether oxygens (including phenoxy) is 6. The molecule has 0 radical (unpaired) electrons. The molecule has 0 spiro atoms. The molecule has 0 saturated carbocycles. The van der Waals surface area contributed by atoms with E-state index < -0.39 is 34.0 Å². The topological polar surface area (TPSA) is 159 Å². The van der Waals surface area contributed by atoms with Gasteiger partial charge in [0.05, 0.1) is 70.9 Å². The molecule has 3 aromatic carbocycles. The molecule has 1 saturated heterocycles. The first kappa shape index (κ1) is 41.3. The summed E-state index contributed by atoms with van der Waals surface area (Å²) in [6.07, 6.45) is 0.613. The van der Waals surface area contributed by atoms with E-state index in [1.165, 1.54) is 18.2 Å². The number of carboxylic acid groups (broad SMARTS) is 1. The molecule has 0 aliphatic carbocycles. The van der Waals surface area contributed by atoms with Crippen molar-refractivity contribution in [2.24, 2.45) is 0 Å². The Kier molecular flexibility index (Phi) is 16.0. The first-order valence-electron chi connectivity index (χ1n) is 16.6. The van der Waals surface area contributed by atoms with E-state index in [1.807, 2.05) is 24.3 Å². The van der Waals surface area contributed by atoms with Crippen LogP contribution in [0.1, 0.15) is 24.0 Å². The molecule has 284 valence electrons. The standard InChI is InChI=1S/C36H44Cl2N2O11S/c1-46-11-12-49-13-14-50-15-16-51-23-25-18-32(47-2)34(33(19-25)48-3)26-8-6-24(7-9-26)17-30(36(42)43)39-35(41)31-5-4-10-40(31)52(44,45)29-21-27(37)20-28(38)22-29/h6-9,18-22,30-31H,4-5,10-17,23H2,1-3H3,(H,39,41)(H,42,43)/t30-,31-/m0/s1. The Morgan fingerprint density at radius 1 is 0.846 bits per heavy atom. The van der Waals surface area contributed by atoms with Gasteiger partial charge in [-0.2, -0.15) is 4.31 Å². The molecule has 2 atom stereocenters. The van der Waals surface area contributed by atoms with Crippen molar-refractivity contribution >= 4 is 45.1 Å². The molecule has 1 fully saturated rings. The number of amides is 1. The highest BCUT2D eigenvalue weighted by molar-refractivity contribution is 7.89. The number of carbonyl (C=O) groups excluding carboxylic acids is 1. The summed E-state index contributed by atoms with van der Waals surface area (Å²) in [5, 5.41) is 12.8. The van der Waals surface area contributed by atoms with Gasteiger partial charge in [-0.05, 0) is 59.9 Å². The normalized spacial score (nSPS) is 15.4. The van der Waals surface area contributed by atoms with Crippen LogP contribution in [0.3, 0.4) is 0 Å². The summed E-state index contributed by atoms with van der Waals surface area (Å²) in [6.45, 7) is 3.20. The minimum absolute atomic E-state index is 0.0418. The Morgan fingerprint density at radius 2 is 1.42 bits per heavy atom. The number of rotatable bonds is 21. The lowest BCUT2D eigenvalue weighted by molar-refractivity contribution is -0.142.